The molecule has 5 bridgehead atoms. The summed E-state index contributed by atoms with van der Waals surface area (Å²) in [6, 6.07) is 7.54. The molecule has 3 amide bonds. The first kappa shape index (κ1) is 32.5. The second-order valence-corrected chi connectivity index (χ2v) is 13.1. The molecule has 2 unspecified atom stereocenters. The van der Waals surface area contributed by atoms with Crippen molar-refractivity contribution >= 4 is 40.7 Å². The van der Waals surface area contributed by atoms with Crippen LogP contribution in [0.5, 0.6) is 0 Å². The Kier molecular flexibility index (Phi) is 9.29. The number of nitrogens with zero attached hydrogens (tertiary/aromatic N) is 2. The van der Waals surface area contributed by atoms with Gasteiger partial charge in [0.25, 0.3) is 11.8 Å². The smallest absolute Gasteiger partial charge is 0.345 e. The lowest BCUT2D eigenvalue weighted by Gasteiger charge is -2.41. The van der Waals surface area contributed by atoms with Crippen LogP contribution in [-0.4, -0.2) is 82.8 Å². The van der Waals surface area contributed by atoms with Crippen molar-refractivity contribution in [2.24, 2.45) is 5.92 Å². The zero-order valence-corrected chi connectivity index (χ0v) is 26.7. The van der Waals surface area contributed by atoms with E-state index in [1.165, 1.54) is 5.01 Å². The van der Waals surface area contributed by atoms with E-state index in [0.29, 0.717) is 30.6 Å². The molecule has 0 radical (unpaired) electrons. The van der Waals surface area contributed by atoms with E-state index in [-0.39, 0.29) is 19.1 Å². The lowest BCUT2D eigenvalue weighted by molar-refractivity contribution is -0.224. The van der Waals surface area contributed by atoms with Crippen LogP contribution in [0.1, 0.15) is 71.7 Å². The van der Waals surface area contributed by atoms with E-state index in [1.807, 2.05) is 51.1 Å². The van der Waals surface area contributed by atoms with Gasteiger partial charge in [0.2, 0.25) is 11.5 Å². The van der Waals surface area contributed by atoms with Crippen LogP contribution in [0.3, 0.4) is 0 Å². The number of benzene rings is 1. The van der Waals surface area contributed by atoms with Gasteiger partial charge in [0.05, 0.1) is 36.1 Å². The molecule has 4 heterocycles. The first-order valence-corrected chi connectivity index (χ1v) is 15.5. The third kappa shape index (κ3) is 7.18. The number of rotatable bonds is 1. The average Bonchev–Trinajstić information content (AvgIpc) is 3.01. The number of carbonyl (C=O) groups is 4. The highest BCUT2D eigenvalue weighted by atomic mass is 16.6. The van der Waals surface area contributed by atoms with Gasteiger partial charge in [0.1, 0.15) is 12.1 Å². The average molecular weight is 622 g/mol. The fourth-order valence-corrected chi connectivity index (χ4v) is 5.52. The number of hydrazine groups is 1. The van der Waals surface area contributed by atoms with Crippen molar-refractivity contribution in [3.05, 3.63) is 47.7 Å². The van der Waals surface area contributed by atoms with Crippen LogP contribution in [-0.2, 0) is 33.4 Å². The lowest BCUT2D eigenvalue weighted by atomic mass is 9.98. The minimum atomic E-state index is -1.61. The number of amides is 3. The number of aromatic nitrogens is 1. The normalized spacial score (nSPS) is 30.6. The second kappa shape index (κ2) is 12.9. The minimum absolute atomic E-state index is 0.118. The van der Waals surface area contributed by atoms with E-state index >= 15 is 0 Å². The van der Waals surface area contributed by atoms with Gasteiger partial charge < -0.3 is 24.8 Å². The Morgan fingerprint density at radius 1 is 0.956 bits per heavy atom. The molecule has 45 heavy (non-hydrogen) atoms. The maximum atomic E-state index is 13.8. The zero-order chi connectivity index (χ0) is 32.5. The molecule has 5 atom stereocenters. The summed E-state index contributed by atoms with van der Waals surface area (Å²) in [5.74, 6) is -2.46. The molecule has 12 heteroatoms. The van der Waals surface area contributed by atoms with Crippen LogP contribution in [0.4, 0.5) is 0 Å². The third-order valence-electron chi connectivity index (χ3n) is 8.38. The van der Waals surface area contributed by atoms with Crippen molar-refractivity contribution in [2.75, 3.05) is 19.8 Å². The van der Waals surface area contributed by atoms with Crippen molar-refractivity contribution < 1.29 is 33.4 Å². The molecule has 0 aliphatic carbocycles. The molecule has 2 fully saturated rings. The van der Waals surface area contributed by atoms with E-state index in [1.54, 1.807) is 32.9 Å². The van der Waals surface area contributed by atoms with Crippen LogP contribution >= 0.6 is 0 Å². The number of carbonyl (C=O) groups excluding carboxylic acids is 4. The van der Waals surface area contributed by atoms with Gasteiger partial charge in [0.15, 0.2) is 6.10 Å². The Hall–Kier alpha value is -3.87. The molecule has 242 valence electrons. The van der Waals surface area contributed by atoms with Gasteiger partial charge in [-0.25, -0.2) is 10.2 Å². The lowest BCUT2D eigenvalue weighted by Crippen LogP contribution is -2.61. The highest BCUT2D eigenvalue weighted by Gasteiger charge is 2.47. The van der Waals surface area contributed by atoms with Crippen molar-refractivity contribution in [2.45, 2.75) is 89.8 Å². The molecular formula is C33H43N5O7. The van der Waals surface area contributed by atoms with E-state index in [2.05, 4.69) is 16.1 Å². The van der Waals surface area contributed by atoms with Gasteiger partial charge in [-0.05, 0) is 70.2 Å². The summed E-state index contributed by atoms with van der Waals surface area (Å²) in [6.07, 6.45) is 3.28. The number of hydrogen-bond donors (Lipinski definition) is 3. The summed E-state index contributed by atoms with van der Waals surface area (Å²) in [5.41, 5.74) is 2.93. The molecule has 2 saturated heterocycles. The second-order valence-electron chi connectivity index (χ2n) is 13.1. The first-order valence-electron chi connectivity index (χ1n) is 15.5. The molecule has 0 saturated carbocycles. The fourth-order valence-electron chi connectivity index (χ4n) is 5.52. The van der Waals surface area contributed by atoms with Crippen molar-refractivity contribution in [1.82, 2.24) is 26.1 Å². The van der Waals surface area contributed by atoms with Crippen LogP contribution in [0.15, 0.2) is 36.4 Å². The van der Waals surface area contributed by atoms with Gasteiger partial charge >= 0.3 is 5.97 Å². The maximum absolute atomic E-state index is 13.8. The van der Waals surface area contributed by atoms with Crippen LogP contribution in [0, 0.1) is 5.92 Å². The Morgan fingerprint density at radius 2 is 1.69 bits per heavy atom. The first-order chi connectivity index (χ1) is 21.3. The number of esters is 1. The van der Waals surface area contributed by atoms with Gasteiger partial charge in [-0.3, -0.25) is 24.4 Å². The van der Waals surface area contributed by atoms with Crippen molar-refractivity contribution in [3.8, 4) is 0 Å². The topological polar surface area (TPSA) is 148 Å². The van der Waals surface area contributed by atoms with E-state index in [4.69, 9.17) is 19.2 Å². The summed E-state index contributed by atoms with van der Waals surface area (Å²) in [5, 5.41) is 7.99. The summed E-state index contributed by atoms with van der Waals surface area (Å²) in [6.45, 7) is 11.0. The largest absolute Gasteiger partial charge is 0.450 e. The predicted molar refractivity (Wildman–Crippen MR) is 166 cm³/mol. The van der Waals surface area contributed by atoms with Crippen molar-refractivity contribution in [3.63, 3.8) is 0 Å². The summed E-state index contributed by atoms with van der Waals surface area (Å²) < 4.78 is 18.0. The monoisotopic (exact) mass is 621 g/mol. The Morgan fingerprint density at radius 3 is 2.40 bits per heavy atom. The van der Waals surface area contributed by atoms with Gasteiger partial charge in [-0.1, -0.05) is 38.1 Å². The Labute approximate surface area is 263 Å². The minimum Gasteiger partial charge on any atom is -0.450 e. The fraction of sp³-hybridized carbons (Fsp3) is 0.545. The third-order valence-corrected chi connectivity index (χ3v) is 8.38. The van der Waals surface area contributed by atoms with Crippen LogP contribution in [0.25, 0.3) is 17.0 Å². The molecule has 5 rings (SSSR count). The SMILES string of the molecule is CC(C)C1OC(=O)C2(/C=C/c3ccc4ccc(nc4c3)[C@@H](C)NC(=O)[C@@H]3CCCN(N3)C(=O)[C@H](C)NC1=O)COC(C)(C)CO2. The number of fused-ring (bicyclic) bond motifs is 4. The number of hydrogen-bond acceptors (Lipinski definition) is 9. The standard InChI is InChI=1S/C33H43N5O7/c1-19(2)27-29(40)35-21(4)30(41)38-15-7-8-25(37-38)28(39)34-20(3)24-12-11-23-10-9-22(16-26(23)36-24)13-14-33(31(42)45-27)18-43-32(5,6)17-44-33/h9-14,16,19-21,25,27,37H,7-8,15,17-18H2,1-6H3,(H,34,39)(H,35,40)/b14-13+/t20-,21+,25+,27?,33?/m1/s1. The van der Waals surface area contributed by atoms with E-state index in [0.717, 1.165) is 10.9 Å². The van der Waals surface area contributed by atoms with E-state index < -0.39 is 59.1 Å². The summed E-state index contributed by atoms with van der Waals surface area (Å²) >= 11 is 0. The highest BCUT2D eigenvalue weighted by Crippen LogP contribution is 2.30. The molecule has 3 aliphatic rings. The summed E-state index contributed by atoms with van der Waals surface area (Å²) in [7, 11) is 0. The number of ether oxygens (including phenoxy) is 3. The maximum Gasteiger partial charge on any atom is 0.345 e. The van der Waals surface area contributed by atoms with Crippen LogP contribution < -0.4 is 16.1 Å². The number of pyridine rings is 1. The predicted octanol–water partition coefficient (Wildman–Crippen LogP) is 2.57. The van der Waals surface area contributed by atoms with Crippen molar-refractivity contribution in [1.29, 1.82) is 0 Å². The molecule has 1 aromatic heterocycles. The molecule has 1 spiro atoms. The number of cyclic esters (lactones) is 1. The Bertz CT molecular complexity index is 1500. The molecule has 3 N–H and O–H groups in total. The molecule has 1 aromatic carbocycles. The molecule has 3 aliphatic heterocycles. The van der Waals surface area contributed by atoms with Crippen LogP contribution in [0.2, 0.25) is 0 Å². The molecule has 12 nitrogen and oxygen atoms in total. The molecular weight excluding hydrogens is 578 g/mol. The zero-order valence-electron chi connectivity index (χ0n) is 26.7. The van der Waals surface area contributed by atoms with Gasteiger partial charge in [0, 0.05) is 11.9 Å². The number of nitrogens with one attached hydrogen (secondary N) is 3. The molecule has 2 aromatic rings. The summed E-state index contributed by atoms with van der Waals surface area (Å²) in [4.78, 5) is 58.7. The quantitative estimate of drug-likeness (QED) is 0.409. The highest BCUT2D eigenvalue weighted by molar-refractivity contribution is 5.92. The van der Waals surface area contributed by atoms with Gasteiger partial charge in [-0.2, -0.15) is 0 Å². The Balaban J connectivity index is 1.54. The van der Waals surface area contributed by atoms with Gasteiger partial charge in [-0.15, -0.1) is 0 Å². The van der Waals surface area contributed by atoms with E-state index in [9.17, 15) is 19.2 Å².